The molecule has 0 saturated heterocycles. The molecule has 0 unspecified atom stereocenters. The number of nitrogens with zero attached hydrogens (tertiary/aromatic N) is 2. The molecular weight excluding hydrogens is 438 g/mol. The maximum absolute atomic E-state index is 12.7. The topological polar surface area (TPSA) is 111 Å². The maximum atomic E-state index is 12.7. The molecule has 9 heteroatoms. The molecule has 5 rings (SSSR count). The molecule has 9 nitrogen and oxygen atoms in total. The van der Waals surface area contributed by atoms with Crippen molar-refractivity contribution in [3.8, 4) is 11.5 Å². The Morgan fingerprint density at radius 2 is 1.97 bits per heavy atom. The second-order valence-corrected chi connectivity index (χ2v) is 8.26. The monoisotopic (exact) mass is 461 g/mol. The average molecular weight is 461 g/mol. The maximum Gasteiger partial charge on any atom is 0.273 e. The van der Waals surface area contributed by atoms with Gasteiger partial charge >= 0.3 is 0 Å². The lowest BCUT2D eigenvalue weighted by atomic mass is 10.1. The molecular formula is C25H23N3O6. The summed E-state index contributed by atoms with van der Waals surface area (Å²) in [5.41, 5.74) is 0.976. The van der Waals surface area contributed by atoms with Gasteiger partial charge in [0.1, 0.15) is 24.3 Å². The van der Waals surface area contributed by atoms with Crippen LogP contribution in [0.5, 0.6) is 11.5 Å². The molecule has 2 aromatic carbocycles. The van der Waals surface area contributed by atoms with Crippen LogP contribution in [0.3, 0.4) is 0 Å². The molecule has 174 valence electrons. The zero-order chi connectivity index (χ0) is 23.5. The molecule has 1 fully saturated rings. The van der Waals surface area contributed by atoms with Gasteiger partial charge in [0.2, 0.25) is 5.89 Å². The number of fused-ring (bicyclic) bond motifs is 1. The van der Waals surface area contributed by atoms with Gasteiger partial charge in [0, 0.05) is 12.1 Å². The summed E-state index contributed by atoms with van der Waals surface area (Å²) >= 11 is 0. The smallest absolute Gasteiger partial charge is 0.273 e. The first-order chi connectivity index (χ1) is 16.6. The Bertz CT molecular complexity index is 1220. The predicted molar refractivity (Wildman–Crippen MR) is 121 cm³/mol. The summed E-state index contributed by atoms with van der Waals surface area (Å²) < 4.78 is 16.5. The van der Waals surface area contributed by atoms with Crippen LogP contribution in [0, 0.1) is 5.92 Å². The minimum atomic E-state index is -0.310. The van der Waals surface area contributed by atoms with Crippen molar-refractivity contribution in [2.24, 2.45) is 5.92 Å². The summed E-state index contributed by atoms with van der Waals surface area (Å²) in [4.78, 5) is 43.2. The van der Waals surface area contributed by atoms with E-state index in [1.54, 1.807) is 30.3 Å². The number of Topliss-reactive ketones (excluding diaryl/α,β-unsaturated/α-hetero) is 1. The summed E-state index contributed by atoms with van der Waals surface area (Å²) in [5.74, 6) is 0.964. The van der Waals surface area contributed by atoms with Crippen molar-refractivity contribution >= 4 is 23.3 Å². The molecule has 0 radical (unpaired) electrons. The molecule has 0 spiro atoms. The molecule has 1 saturated carbocycles. The number of rotatable bonds is 9. The number of amides is 2. The van der Waals surface area contributed by atoms with E-state index in [4.69, 9.17) is 13.9 Å². The van der Waals surface area contributed by atoms with Crippen LogP contribution in [0.2, 0.25) is 0 Å². The highest BCUT2D eigenvalue weighted by Crippen LogP contribution is 2.34. The van der Waals surface area contributed by atoms with Gasteiger partial charge in [-0.15, -0.1) is 0 Å². The van der Waals surface area contributed by atoms with E-state index in [0.29, 0.717) is 35.2 Å². The second kappa shape index (κ2) is 9.38. The third kappa shape index (κ3) is 4.93. The van der Waals surface area contributed by atoms with Crippen molar-refractivity contribution in [1.29, 1.82) is 0 Å². The molecule has 1 aromatic heterocycles. The Morgan fingerprint density at radius 3 is 2.76 bits per heavy atom. The van der Waals surface area contributed by atoms with Crippen LogP contribution >= 0.6 is 0 Å². The SMILES string of the molecule is O=C(COc1ccccc1)c1ccc2c(c1)N(Cc1nc(C(=O)NCC3CC3)co1)C(=O)CO2. The fourth-order valence-electron chi connectivity index (χ4n) is 3.57. The standard InChI is InChI=1S/C25H23N3O6/c29-21(14-32-18-4-2-1-3-5-18)17-8-9-22-20(10-17)28(24(30)15-33-22)12-23-27-19(13-34-23)25(31)26-11-16-6-7-16/h1-5,8-10,13,16H,6-7,11-12,14-15H2,(H,26,31). The highest BCUT2D eigenvalue weighted by Gasteiger charge is 2.29. The van der Waals surface area contributed by atoms with E-state index in [9.17, 15) is 14.4 Å². The average Bonchev–Trinajstić information content (AvgIpc) is 3.58. The van der Waals surface area contributed by atoms with E-state index < -0.39 is 0 Å². The predicted octanol–water partition coefficient (Wildman–Crippen LogP) is 3.00. The van der Waals surface area contributed by atoms with Gasteiger partial charge in [-0.1, -0.05) is 18.2 Å². The van der Waals surface area contributed by atoms with E-state index in [1.165, 1.54) is 11.2 Å². The molecule has 2 heterocycles. The molecule has 0 atom stereocenters. The summed E-state index contributed by atoms with van der Waals surface area (Å²) in [7, 11) is 0. The van der Waals surface area contributed by atoms with Gasteiger partial charge in [-0.3, -0.25) is 19.3 Å². The number of aromatic nitrogens is 1. The third-order valence-corrected chi connectivity index (χ3v) is 5.66. The normalized spacial score (nSPS) is 14.8. The van der Waals surface area contributed by atoms with Crippen molar-refractivity contribution < 1.29 is 28.3 Å². The summed E-state index contributed by atoms with van der Waals surface area (Å²) in [6, 6.07) is 13.9. The summed E-state index contributed by atoms with van der Waals surface area (Å²) in [5, 5.41) is 2.83. The van der Waals surface area contributed by atoms with Crippen molar-refractivity contribution in [2.75, 3.05) is 24.7 Å². The van der Waals surface area contributed by atoms with Crippen molar-refractivity contribution in [3.05, 3.63) is 71.9 Å². The quantitative estimate of drug-likeness (QED) is 0.488. The number of carbonyl (C=O) groups is 3. The van der Waals surface area contributed by atoms with E-state index in [2.05, 4.69) is 10.3 Å². The number of oxazole rings is 1. The molecule has 3 aromatic rings. The minimum absolute atomic E-state index is 0.00323. The number of ketones is 1. The third-order valence-electron chi connectivity index (χ3n) is 5.66. The molecule has 1 N–H and O–H groups in total. The fourth-order valence-corrected chi connectivity index (χ4v) is 3.57. The van der Waals surface area contributed by atoms with Gasteiger partial charge in [0.15, 0.2) is 24.7 Å². The highest BCUT2D eigenvalue weighted by molar-refractivity contribution is 6.02. The number of ether oxygens (including phenoxy) is 2. The number of anilines is 1. The van der Waals surface area contributed by atoms with Gasteiger partial charge in [0.05, 0.1) is 5.69 Å². The van der Waals surface area contributed by atoms with Crippen LogP contribution in [-0.2, 0) is 11.3 Å². The van der Waals surface area contributed by atoms with Crippen LogP contribution in [0.1, 0.15) is 39.6 Å². The lowest BCUT2D eigenvalue weighted by Crippen LogP contribution is -2.38. The lowest BCUT2D eigenvalue weighted by Gasteiger charge is -2.28. The number of nitrogens with one attached hydrogen (secondary N) is 1. The lowest BCUT2D eigenvalue weighted by molar-refractivity contribution is -0.121. The highest BCUT2D eigenvalue weighted by atomic mass is 16.5. The van der Waals surface area contributed by atoms with Crippen LogP contribution < -0.4 is 19.7 Å². The first kappa shape index (κ1) is 21.7. The van der Waals surface area contributed by atoms with Gasteiger partial charge in [-0.2, -0.15) is 0 Å². The molecule has 1 aliphatic heterocycles. The summed E-state index contributed by atoms with van der Waals surface area (Å²) in [6.45, 7) is 0.341. The van der Waals surface area contributed by atoms with Gasteiger partial charge in [-0.25, -0.2) is 4.98 Å². The first-order valence-electron chi connectivity index (χ1n) is 11.1. The molecule has 1 aliphatic carbocycles. The Labute approximate surface area is 195 Å². The Balaban J connectivity index is 1.29. The zero-order valence-corrected chi connectivity index (χ0v) is 18.4. The summed E-state index contributed by atoms with van der Waals surface area (Å²) in [6.07, 6.45) is 3.54. The first-order valence-corrected chi connectivity index (χ1v) is 11.1. The van der Waals surface area contributed by atoms with Gasteiger partial charge < -0.3 is 19.2 Å². The Morgan fingerprint density at radius 1 is 1.15 bits per heavy atom. The van der Waals surface area contributed by atoms with Crippen molar-refractivity contribution in [2.45, 2.75) is 19.4 Å². The second-order valence-electron chi connectivity index (χ2n) is 8.26. The molecule has 0 bridgehead atoms. The Hall–Kier alpha value is -4.14. The Kier molecular flexibility index (Phi) is 5.99. The van der Waals surface area contributed by atoms with Crippen molar-refractivity contribution in [3.63, 3.8) is 0 Å². The largest absolute Gasteiger partial charge is 0.485 e. The molecule has 2 aliphatic rings. The van der Waals surface area contributed by atoms with Crippen LogP contribution in [0.4, 0.5) is 5.69 Å². The van der Waals surface area contributed by atoms with Gasteiger partial charge in [-0.05, 0) is 49.1 Å². The van der Waals surface area contributed by atoms with E-state index in [0.717, 1.165) is 12.8 Å². The number of hydrogen-bond donors (Lipinski definition) is 1. The number of hydrogen-bond acceptors (Lipinski definition) is 7. The van der Waals surface area contributed by atoms with E-state index in [-0.39, 0.29) is 48.9 Å². The molecule has 2 amide bonds. The number of carbonyl (C=O) groups excluding carboxylic acids is 3. The van der Waals surface area contributed by atoms with Crippen LogP contribution in [0.15, 0.2) is 59.2 Å². The van der Waals surface area contributed by atoms with Crippen molar-refractivity contribution in [1.82, 2.24) is 10.3 Å². The number of para-hydroxylation sites is 1. The zero-order valence-electron chi connectivity index (χ0n) is 18.4. The van der Waals surface area contributed by atoms with E-state index in [1.807, 2.05) is 18.2 Å². The van der Waals surface area contributed by atoms with E-state index >= 15 is 0 Å². The minimum Gasteiger partial charge on any atom is -0.485 e. The fraction of sp³-hybridized carbons (Fsp3) is 0.280. The molecule has 34 heavy (non-hydrogen) atoms. The van der Waals surface area contributed by atoms with Crippen LogP contribution in [-0.4, -0.2) is 42.3 Å². The van der Waals surface area contributed by atoms with Gasteiger partial charge in [0.25, 0.3) is 11.8 Å². The van der Waals surface area contributed by atoms with Crippen LogP contribution in [0.25, 0.3) is 0 Å². The number of benzene rings is 2.